The zero-order valence-corrected chi connectivity index (χ0v) is 11.4. The summed E-state index contributed by atoms with van der Waals surface area (Å²) in [6.45, 7) is 9.70. The van der Waals surface area contributed by atoms with Gasteiger partial charge in [-0.05, 0) is 26.2 Å². The second-order valence-electron chi connectivity index (χ2n) is 5.36. The third-order valence-electron chi connectivity index (χ3n) is 3.72. The van der Waals surface area contributed by atoms with Crippen molar-refractivity contribution in [3.05, 3.63) is 0 Å². The summed E-state index contributed by atoms with van der Waals surface area (Å²) >= 11 is 1.85. The molecular formula is C12H22N2OS. The molecule has 0 aromatic carbocycles. The number of rotatable bonds is 2. The summed E-state index contributed by atoms with van der Waals surface area (Å²) in [4.78, 5) is 4.74. The molecule has 3 unspecified atom stereocenters. The van der Waals surface area contributed by atoms with Gasteiger partial charge in [0.05, 0.1) is 17.7 Å². The molecule has 0 bridgehead atoms. The standard InChI is InChI=1S/C12H22N2OS/c1-8(2)10-7-16-11(13-10)14-12(4)5-6-15-9(12)3/h8-10H,5-7H2,1-4H3,(H,13,14). The van der Waals surface area contributed by atoms with E-state index < -0.39 is 0 Å². The number of hydrogen-bond donors (Lipinski definition) is 1. The molecule has 3 nitrogen and oxygen atoms in total. The summed E-state index contributed by atoms with van der Waals surface area (Å²) in [5.74, 6) is 1.75. The molecule has 2 rings (SSSR count). The van der Waals surface area contributed by atoms with E-state index in [1.165, 1.54) is 0 Å². The molecule has 1 saturated heterocycles. The van der Waals surface area contributed by atoms with Gasteiger partial charge in [-0.25, -0.2) is 0 Å². The lowest BCUT2D eigenvalue weighted by atomic mass is 9.95. The van der Waals surface area contributed by atoms with E-state index in [-0.39, 0.29) is 11.6 Å². The first-order valence-electron chi connectivity index (χ1n) is 6.11. The van der Waals surface area contributed by atoms with Gasteiger partial charge in [0.2, 0.25) is 0 Å². The average Bonchev–Trinajstić information content (AvgIpc) is 2.76. The van der Waals surface area contributed by atoms with Gasteiger partial charge in [0, 0.05) is 12.4 Å². The van der Waals surface area contributed by atoms with Crippen LogP contribution < -0.4 is 5.32 Å². The molecule has 0 spiro atoms. The fraction of sp³-hybridized carbons (Fsp3) is 0.917. The van der Waals surface area contributed by atoms with E-state index in [2.05, 4.69) is 33.0 Å². The van der Waals surface area contributed by atoms with Gasteiger partial charge in [-0.3, -0.25) is 4.99 Å². The van der Waals surface area contributed by atoms with Gasteiger partial charge >= 0.3 is 0 Å². The number of nitrogens with zero attached hydrogens (tertiary/aromatic N) is 1. The third-order valence-corrected chi connectivity index (χ3v) is 4.71. The van der Waals surface area contributed by atoms with Gasteiger partial charge in [0.15, 0.2) is 5.17 Å². The van der Waals surface area contributed by atoms with E-state index in [4.69, 9.17) is 9.73 Å². The molecule has 0 saturated carbocycles. The zero-order valence-electron chi connectivity index (χ0n) is 10.6. The van der Waals surface area contributed by atoms with E-state index in [0.717, 1.165) is 23.9 Å². The Balaban J connectivity index is 1.98. The van der Waals surface area contributed by atoms with Crippen LogP contribution in [0.3, 0.4) is 0 Å². The quantitative estimate of drug-likeness (QED) is 0.806. The molecule has 0 aromatic rings. The number of nitrogens with one attached hydrogen (secondary N) is 1. The molecule has 0 aliphatic carbocycles. The fourth-order valence-corrected chi connectivity index (χ4v) is 3.35. The van der Waals surface area contributed by atoms with Crippen molar-refractivity contribution in [1.29, 1.82) is 0 Å². The van der Waals surface area contributed by atoms with E-state index in [0.29, 0.717) is 12.0 Å². The highest BCUT2D eigenvalue weighted by atomic mass is 32.2. The Morgan fingerprint density at radius 1 is 1.56 bits per heavy atom. The van der Waals surface area contributed by atoms with Gasteiger partial charge in [-0.2, -0.15) is 0 Å². The van der Waals surface area contributed by atoms with Crippen LogP contribution in [0.2, 0.25) is 0 Å². The van der Waals surface area contributed by atoms with Crippen LogP contribution in [-0.2, 0) is 4.74 Å². The molecular weight excluding hydrogens is 220 g/mol. The van der Waals surface area contributed by atoms with Gasteiger partial charge in [-0.15, -0.1) is 0 Å². The first-order chi connectivity index (χ1) is 7.51. The van der Waals surface area contributed by atoms with Gasteiger partial charge in [-0.1, -0.05) is 25.6 Å². The molecule has 0 aromatic heterocycles. The van der Waals surface area contributed by atoms with Crippen molar-refractivity contribution in [3.63, 3.8) is 0 Å². The minimum absolute atomic E-state index is 0.0672. The molecule has 0 radical (unpaired) electrons. The molecule has 1 fully saturated rings. The molecule has 4 heteroatoms. The Morgan fingerprint density at radius 2 is 2.31 bits per heavy atom. The summed E-state index contributed by atoms with van der Waals surface area (Å²) in [5, 5.41) is 4.69. The lowest BCUT2D eigenvalue weighted by molar-refractivity contribution is 0.0950. The smallest absolute Gasteiger partial charge is 0.157 e. The van der Waals surface area contributed by atoms with Crippen LogP contribution in [0.15, 0.2) is 4.99 Å². The number of thioether (sulfide) groups is 1. The SMILES string of the molecule is CC(C)C1CSC(NC2(C)CCOC2C)=N1. The summed E-state index contributed by atoms with van der Waals surface area (Å²) in [6, 6.07) is 0.480. The van der Waals surface area contributed by atoms with E-state index in [1.54, 1.807) is 0 Å². The van der Waals surface area contributed by atoms with Crippen LogP contribution in [0.25, 0.3) is 0 Å². The normalized spacial score (nSPS) is 39.2. The Hall–Kier alpha value is -0.220. The first-order valence-corrected chi connectivity index (χ1v) is 7.10. The van der Waals surface area contributed by atoms with Crippen LogP contribution in [0, 0.1) is 5.92 Å². The third kappa shape index (κ3) is 2.38. The lowest BCUT2D eigenvalue weighted by Crippen LogP contribution is -2.49. The molecule has 2 heterocycles. The maximum atomic E-state index is 5.63. The number of ether oxygens (including phenoxy) is 1. The Kier molecular flexibility index (Phi) is 3.50. The van der Waals surface area contributed by atoms with Crippen LogP contribution in [0.1, 0.15) is 34.1 Å². The van der Waals surface area contributed by atoms with Gasteiger partial charge < -0.3 is 10.1 Å². The number of hydrogen-bond acceptors (Lipinski definition) is 4. The topological polar surface area (TPSA) is 33.6 Å². The molecule has 3 atom stereocenters. The summed E-state index contributed by atoms with van der Waals surface area (Å²) in [7, 11) is 0. The minimum atomic E-state index is 0.0672. The maximum Gasteiger partial charge on any atom is 0.157 e. The lowest BCUT2D eigenvalue weighted by Gasteiger charge is -2.29. The first kappa shape index (κ1) is 12.2. The highest BCUT2D eigenvalue weighted by molar-refractivity contribution is 8.14. The van der Waals surface area contributed by atoms with Crippen molar-refractivity contribution >= 4 is 16.9 Å². The molecule has 2 aliphatic heterocycles. The highest BCUT2D eigenvalue weighted by Crippen LogP contribution is 2.29. The largest absolute Gasteiger partial charge is 0.376 e. The Labute approximate surface area is 102 Å². The second-order valence-corrected chi connectivity index (χ2v) is 6.37. The molecule has 1 N–H and O–H groups in total. The maximum absolute atomic E-state index is 5.63. The number of aliphatic imine (C=N–C) groups is 1. The van der Waals surface area contributed by atoms with Crippen molar-refractivity contribution in [2.75, 3.05) is 12.4 Å². The predicted octanol–water partition coefficient (Wildman–Crippen LogP) is 2.27. The van der Waals surface area contributed by atoms with Crippen molar-refractivity contribution in [2.24, 2.45) is 10.9 Å². The highest BCUT2D eigenvalue weighted by Gasteiger charge is 2.38. The molecule has 2 aliphatic rings. The monoisotopic (exact) mass is 242 g/mol. The predicted molar refractivity (Wildman–Crippen MR) is 70.1 cm³/mol. The van der Waals surface area contributed by atoms with Crippen LogP contribution in [-0.4, -0.2) is 35.2 Å². The van der Waals surface area contributed by atoms with Crippen molar-refractivity contribution < 1.29 is 4.74 Å². The molecule has 92 valence electrons. The van der Waals surface area contributed by atoms with Crippen molar-refractivity contribution in [1.82, 2.24) is 5.32 Å². The number of amidine groups is 1. The second kappa shape index (κ2) is 4.57. The molecule has 16 heavy (non-hydrogen) atoms. The summed E-state index contributed by atoms with van der Waals surface area (Å²) < 4.78 is 5.63. The van der Waals surface area contributed by atoms with Crippen molar-refractivity contribution in [2.45, 2.75) is 51.8 Å². The van der Waals surface area contributed by atoms with E-state index in [1.807, 2.05) is 11.8 Å². The minimum Gasteiger partial charge on any atom is -0.376 e. The van der Waals surface area contributed by atoms with Gasteiger partial charge in [0.1, 0.15) is 0 Å². The van der Waals surface area contributed by atoms with E-state index >= 15 is 0 Å². The summed E-state index contributed by atoms with van der Waals surface area (Å²) in [6.07, 6.45) is 1.34. The average molecular weight is 242 g/mol. The van der Waals surface area contributed by atoms with Crippen LogP contribution >= 0.6 is 11.8 Å². The van der Waals surface area contributed by atoms with E-state index in [9.17, 15) is 0 Å². The molecule has 0 amide bonds. The Morgan fingerprint density at radius 3 is 2.81 bits per heavy atom. The summed E-state index contributed by atoms with van der Waals surface area (Å²) in [5.41, 5.74) is 0.0672. The van der Waals surface area contributed by atoms with Crippen LogP contribution in [0.5, 0.6) is 0 Å². The fourth-order valence-electron chi connectivity index (χ4n) is 2.04. The Bertz CT molecular complexity index is 293. The zero-order chi connectivity index (χ0) is 11.8. The van der Waals surface area contributed by atoms with Crippen LogP contribution in [0.4, 0.5) is 0 Å². The van der Waals surface area contributed by atoms with Crippen molar-refractivity contribution in [3.8, 4) is 0 Å². The van der Waals surface area contributed by atoms with Gasteiger partial charge in [0.25, 0.3) is 0 Å².